The molecule has 0 aromatic heterocycles. The number of ether oxygens (including phenoxy) is 3. The second-order valence-electron chi connectivity index (χ2n) is 10.9. The van der Waals surface area contributed by atoms with Gasteiger partial charge < -0.3 is 29.7 Å². The molecular formula is C34H33NO7. The molecule has 1 heterocycles. The minimum atomic E-state index is -0.880. The largest absolute Gasteiger partial charge is 0.508 e. The van der Waals surface area contributed by atoms with Crippen LogP contribution in [0.2, 0.25) is 0 Å². The van der Waals surface area contributed by atoms with E-state index in [0.29, 0.717) is 30.4 Å². The van der Waals surface area contributed by atoms with Crippen LogP contribution in [0.1, 0.15) is 39.0 Å². The zero-order valence-electron chi connectivity index (χ0n) is 23.1. The first-order valence-electron chi connectivity index (χ1n) is 14.2. The molecule has 216 valence electrons. The molecule has 3 aromatic rings. The third-order valence-electron chi connectivity index (χ3n) is 7.93. The van der Waals surface area contributed by atoms with Crippen molar-refractivity contribution >= 4 is 18.0 Å². The van der Waals surface area contributed by atoms with E-state index in [0.717, 1.165) is 22.3 Å². The van der Waals surface area contributed by atoms with Crippen molar-refractivity contribution in [1.82, 2.24) is 5.32 Å². The van der Waals surface area contributed by atoms with Crippen LogP contribution in [0.15, 0.2) is 90.5 Å². The summed E-state index contributed by atoms with van der Waals surface area (Å²) in [6.07, 6.45) is 5.55. The number of nitrogens with one attached hydrogen (secondary N) is 1. The van der Waals surface area contributed by atoms with Crippen LogP contribution in [0.4, 0.5) is 0 Å². The Kier molecular flexibility index (Phi) is 7.93. The molecule has 3 aromatic carbocycles. The molecule has 1 fully saturated rings. The zero-order chi connectivity index (χ0) is 29.1. The maximum Gasteiger partial charge on any atom is 0.338 e. The molecule has 3 atom stereocenters. The van der Waals surface area contributed by atoms with Crippen molar-refractivity contribution in [2.75, 3.05) is 13.2 Å². The van der Waals surface area contributed by atoms with E-state index in [4.69, 9.17) is 19.3 Å². The van der Waals surface area contributed by atoms with Gasteiger partial charge in [-0.05, 0) is 52.9 Å². The first-order valence-corrected chi connectivity index (χ1v) is 14.2. The smallest absolute Gasteiger partial charge is 0.338 e. The van der Waals surface area contributed by atoms with Crippen molar-refractivity contribution in [2.24, 2.45) is 0 Å². The number of aliphatic hydroxyl groups excluding tert-OH is 1. The van der Waals surface area contributed by atoms with E-state index >= 15 is 0 Å². The summed E-state index contributed by atoms with van der Waals surface area (Å²) in [6.45, 7) is -0.0582. The molecule has 1 saturated heterocycles. The predicted molar refractivity (Wildman–Crippen MR) is 156 cm³/mol. The normalized spacial score (nSPS) is 22.0. The Hall–Kier alpha value is -4.24. The number of rotatable bonds is 8. The van der Waals surface area contributed by atoms with Gasteiger partial charge in [0.15, 0.2) is 5.79 Å². The van der Waals surface area contributed by atoms with Gasteiger partial charge in [-0.3, -0.25) is 4.79 Å². The van der Waals surface area contributed by atoms with Gasteiger partial charge in [0.05, 0.1) is 12.2 Å². The number of carbonyl (C=O) groups is 2. The first kappa shape index (κ1) is 27.9. The number of phenols is 1. The van der Waals surface area contributed by atoms with Gasteiger partial charge in [0.25, 0.3) is 0 Å². The molecule has 8 nitrogen and oxygen atoms in total. The highest BCUT2D eigenvalue weighted by molar-refractivity contribution is 5.94. The molecule has 8 heteroatoms. The van der Waals surface area contributed by atoms with Crippen molar-refractivity contribution < 1.29 is 34.0 Å². The Morgan fingerprint density at radius 2 is 1.76 bits per heavy atom. The lowest BCUT2D eigenvalue weighted by Gasteiger charge is -2.30. The fourth-order valence-corrected chi connectivity index (χ4v) is 5.93. The van der Waals surface area contributed by atoms with Gasteiger partial charge in [-0.1, -0.05) is 66.7 Å². The molecule has 0 bridgehead atoms. The van der Waals surface area contributed by atoms with Crippen LogP contribution < -0.4 is 5.32 Å². The van der Waals surface area contributed by atoms with Crippen LogP contribution in [0.25, 0.3) is 6.08 Å². The van der Waals surface area contributed by atoms with Crippen LogP contribution in [-0.2, 0) is 38.3 Å². The van der Waals surface area contributed by atoms with Crippen molar-refractivity contribution in [1.29, 1.82) is 0 Å². The molecule has 6 rings (SSSR count). The van der Waals surface area contributed by atoms with Gasteiger partial charge in [0.2, 0.25) is 5.91 Å². The van der Waals surface area contributed by atoms with E-state index in [1.54, 1.807) is 36.4 Å². The number of benzene rings is 3. The van der Waals surface area contributed by atoms with E-state index in [1.165, 1.54) is 0 Å². The van der Waals surface area contributed by atoms with Gasteiger partial charge in [-0.25, -0.2) is 4.79 Å². The molecule has 1 spiro atoms. The summed E-state index contributed by atoms with van der Waals surface area (Å²) in [6, 6.07) is 22.4. The molecule has 3 aliphatic rings. The van der Waals surface area contributed by atoms with Crippen LogP contribution >= 0.6 is 0 Å². The average Bonchev–Trinajstić information content (AvgIpc) is 3.55. The minimum absolute atomic E-state index is 0.121. The Labute approximate surface area is 244 Å². The molecule has 0 radical (unpaired) electrons. The number of hydrogen-bond donors (Lipinski definition) is 3. The number of phenolic OH excluding ortho intramolecular Hbond substituents is 1. The van der Waals surface area contributed by atoms with Gasteiger partial charge in [0.1, 0.15) is 24.1 Å². The minimum Gasteiger partial charge on any atom is -0.508 e. The molecule has 1 aliphatic heterocycles. The quantitative estimate of drug-likeness (QED) is 0.354. The summed E-state index contributed by atoms with van der Waals surface area (Å²) in [5.41, 5.74) is 4.74. The summed E-state index contributed by atoms with van der Waals surface area (Å²) < 4.78 is 19.0. The molecule has 42 heavy (non-hydrogen) atoms. The molecule has 0 unspecified atom stereocenters. The molecule has 3 N–H and O–H groups in total. The SMILES string of the molecule is O=C(NCCO)C1=C[C@H]2OC3(Cc4ccccc4C3)O[C@H]2[C@H](OC(=O)c2cccc(C=CCc3ccccc3O)c2)C1. The second-order valence-corrected chi connectivity index (χ2v) is 10.9. The number of carbonyl (C=O) groups excluding carboxylic acids is 2. The summed E-state index contributed by atoms with van der Waals surface area (Å²) in [5, 5.41) is 21.9. The third-order valence-corrected chi connectivity index (χ3v) is 7.93. The van der Waals surface area contributed by atoms with Crippen LogP contribution in [0.3, 0.4) is 0 Å². The van der Waals surface area contributed by atoms with Gasteiger partial charge in [-0.2, -0.15) is 0 Å². The Bertz CT molecular complexity index is 1520. The highest BCUT2D eigenvalue weighted by atomic mass is 16.8. The first-order chi connectivity index (χ1) is 20.4. The van der Waals surface area contributed by atoms with E-state index in [1.807, 2.05) is 42.5 Å². The fourth-order valence-electron chi connectivity index (χ4n) is 5.93. The van der Waals surface area contributed by atoms with Crippen molar-refractivity contribution in [3.05, 3.63) is 118 Å². The number of allylic oxidation sites excluding steroid dienone is 1. The van der Waals surface area contributed by atoms with Crippen LogP contribution in [0.5, 0.6) is 5.75 Å². The number of aromatic hydroxyl groups is 1. The van der Waals surface area contributed by atoms with E-state index < -0.39 is 30.1 Å². The summed E-state index contributed by atoms with van der Waals surface area (Å²) in [5.74, 6) is -1.50. The topological polar surface area (TPSA) is 114 Å². The number of fused-ring (bicyclic) bond motifs is 2. The maximum absolute atomic E-state index is 13.4. The average molecular weight is 568 g/mol. The standard InChI is InChI=1S/C34H33NO7/c36-16-15-35-32(38)27-18-29(31-30(19-27)41-34(42-31)20-25-10-1-2-11-26(25)21-34)40-33(39)24-13-6-8-22(17-24)7-5-12-23-9-3-4-14-28(23)37/h1-11,13-14,17,19,29-31,36-37H,12,15-16,18,20-21H2,(H,35,38)/t29-,30-,31+/m1/s1. The summed E-state index contributed by atoms with van der Waals surface area (Å²) in [4.78, 5) is 26.3. The monoisotopic (exact) mass is 567 g/mol. The molecule has 1 amide bonds. The second kappa shape index (κ2) is 11.9. The number of hydrogen-bond acceptors (Lipinski definition) is 7. The number of para-hydroxylation sites is 1. The third kappa shape index (κ3) is 5.87. The number of amides is 1. The van der Waals surface area contributed by atoms with Crippen LogP contribution in [-0.4, -0.2) is 59.3 Å². The number of aliphatic hydroxyl groups is 1. The van der Waals surface area contributed by atoms with Crippen molar-refractivity contribution in [3.8, 4) is 5.75 Å². The van der Waals surface area contributed by atoms with Crippen LogP contribution in [0, 0.1) is 0 Å². The highest BCUT2D eigenvalue weighted by Crippen LogP contribution is 2.45. The van der Waals surface area contributed by atoms with E-state index in [2.05, 4.69) is 17.4 Å². The van der Waals surface area contributed by atoms with E-state index in [9.17, 15) is 14.7 Å². The summed E-state index contributed by atoms with van der Waals surface area (Å²) >= 11 is 0. The predicted octanol–water partition coefficient (Wildman–Crippen LogP) is 3.89. The van der Waals surface area contributed by atoms with Crippen molar-refractivity contribution in [2.45, 2.75) is 49.8 Å². The maximum atomic E-state index is 13.4. The zero-order valence-corrected chi connectivity index (χ0v) is 23.1. The molecule has 0 saturated carbocycles. The van der Waals surface area contributed by atoms with Gasteiger partial charge in [-0.15, -0.1) is 0 Å². The van der Waals surface area contributed by atoms with E-state index in [-0.39, 0.29) is 31.2 Å². The Morgan fingerprint density at radius 1 is 1.00 bits per heavy atom. The number of esters is 1. The Morgan fingerprint density at radius 3 is 2.52 bits per heavy atom. The van der Waals surface area contributed by atoms with Gasteiger partial charge in [0, 0.05) is 31.4 Å². The molecular weight excluding hydrogens is 534 g/mol. The highest BCUT2D eigenvalue weighted by Gasteiger charge is 2.55. The van der Waals surface area contributed by atoms with Crippen molar-refractivity contribution in [3.63, 3.8) is 0 Å². The lowest BCUT2D eigenvalue weighted by Crippen LogP contribution is -2.44. The Balaban J connectivity index is 1.19. The lowest BCUT2D eigenvalue weighted by molar-refractivity contribution is -0.172. The fraction of sp³-hybridized carbons (Fsp3) is 0.294. The summed E-state index contributed by atoms with van der Waals surface area (Å²) in [7, 11) is 0. The van der Waals surface area contributed by atoms with Gasteiger partial charge >= 0.3 is 5.97 Å². The molecule has 2 aliphatic carbocycles. The lowest BCUT2D eigenvalue weighted by atomic mass is 9.91.